The van der Waals surface area contributed by atoms with E-state index in [-0.39, 0.29) is 5.95 Å². The van der Waals surface area contributed by atoms with Crippen molar-refractivity contribution >= 4 is 17.9 Å². The molecule has 1 unspecified atom stereocenters. The minimum atomic E-state index is -1.06. The van der Waals surface area contributed by atoms with E-state index in [0.717, 1.165) is 16.8 Å². The van der Waals surface area contributed by atoms with E-state index in [1.807, 2.05) is 13.2 Å². The van der Waals surface area contributed by atoms with Gasteiger partial charge in [-0.1, -0.05) is 0 Å². The molecular weight excluding hydrogens is 256 g/mol. The van der Waals surface area contributed by atoms with Gasteiger partial charge in [0.1, 0.15) is 0 Å². The van der Waals surface area contributed by atoms with Crippen molar-refractivity contribution in [3.63, 3.8) is 0 Å². The van der Waals surface area contributed by atoms with Crippen LogP contribution in [-0.2, 0) is 12.8 Å². The largest absolute Gasteiger partial charge is 0.368 e. The van der Waals surface area contributed by atoms with Crippen LogP contribution in [0.25, 0.3) is 5.70 Å². The molecule has 5 N–H and O–H groups in total. The summed E-state index contributed by atoms with van der Waals surface area (Å²) in [6.45, 7) is 0. The first-order valence-corrected chi connectivity index (χ1v) is 5.96. The molecule has 0 aliphatic carbocycles. The second-order valence-electron chi connectivity index (χ2n) is 4.48. The second kappa shape index (κ2) is 4.42. The highest BCUT2D eigenvalue weighted by atomic mass is 15.3. The molecule has 102 valence electrons. The van der Waals surface area contributed by atoms with Crippen LogP contribution in [0.4, 0.5) is 5.95 Å². The van der Waals surface area contributed by atoms with Crippen LogP contribution in [0, 0.1) is 0 Å². The number of hydrogen-bond acceptors (Lipinski definition) is 7. The summed E-state index contributed by atoms with van der Waals surface area (Å²) < 4.78 is 1.67. The van der Waals surface area contributed by atoms with Crippen molar-refractivity contribution in [2.75, 3.05) is 5.73 Å². The van der Waals surface area contributed by atoms with Crippen LogP contribution in [-0.4, -0.2) is 26.0 Å². The van der Waals surface area contributed by atoms with Crippen molar-refractivity contribution in [3.8, 4) is 0 Å². The number of anilines is 1. The van der Waals surface area contributed by atoms with Crippen LogP contribution in [0.15, 0.2) is 35.9 Å². The Morgan fingerprint density at radius 2 is 2.00 bits per heavy atom. The summed E-state index contributed by atoms with van der Waals surface area (Å²) in [6, 6.07) is 0. The number of nitrogen functional groups attached to an aromatic ring is 1. The van der Waals surface area contributed by atoms with E-state index in [9.17, 15) is 0 Å². The first-order chi connectivity index (χ1) is 9.57. The summed E-state index contributed by atoms with van der Waals surface area (Å²) in [6.07, 6.45) is 10.2. The predicted octanol–water partition coefficient (Wildman–Crippen LogP) is -0.424. The van der Waals surface area contributed by atoms with Crippen molar-refractivity contribution < 1.29 is 0 Å². The van der Waals surface area contributed by atoms with Crippen molar-refractivity contribution in [2.24, 2.45) is 17.8 Å². The van der Waals surface area contributed by atoms with Gasteiger partial charge in [-0.05, 0) is 6.08 Å². The molecule has 1 aliphatic heterocycles. The van der Waals surface area contributed by atoms with E-state index >= 15 is 0 Å². The molecule has 3 heterocycles. The molecule has 0 bridgehead atoms. The topological polar surface area (TPSA) is 120 Å². The monoisotopic (exact) mass is 270 g/mol. The summed E-state index contributed by atoms with van der Waals surface area (Å²) in [5.41, 5.74) is 14.1. The fourth-order valence-electron chi connectivity index (χ4n) is 1.92. The first-order valence-electron chi connectivity index (χ1n) is 5.96. The number of nitrogens with two attached hydrogens (primary N) is 2. The Hall–Kier alpha value is -2.74. The highest BCUT2D eigenvalue weighted by Crippen LogP contribution is 2.23. The summed E-state index contributed by atoms with van der Waals surface area (Å²) in [4.78, 5) is 12.2. The number of rotatable bonds is 2. The Labute approximate surface area is 115 Å². The third-order valence-electron chi connectivity index (χ3n) is 2.97. The van der Waals surface area contributed by atoms with Crippen molar-refractivity contribution in [2.45, 2.75) is 5.79 Å². The van der Waals surface area contributed by atoms with E-state index < -0.39 is 5.79 Å². The molecule has 0 aromatic carbocycles. The smallest absolute Gasteiger partial charge is 0.219 e. The van der Waals surface area contributed by atoms with Crippen LogP contribution in [0.1, 0.15) is 11.1 Å². The fourth-order valence-corrected chi connectivity index (χ4v) is 1.92. The van der Waals surface area contributed by atoms with Gasteiger partial charge in [-0.25, -0.2) is 15.0 Å². The van der Waals surface area contributed by atoms with Crippen molar-refractivity contribution in [3.05, 3.63) is 42.0 Å². The van der Waals surface area contributed by atoms with Crippen LogP contribution in [0.2, 0.25) is 0 Å². The maximum Gasteiger partial charge on any atom is 0.219 e. The average molecular weight is 270 g/mol. The van der Waals surface area contributed by atoms with E-state index in [4.69, 9.17) is 11.5 Å². The molecule has 0 saturated heterocycles. The number of hydrogen-bond donors (Lipinski definition) is 3. The Morgan fingerprint density at radius 3 is 2.65 bits per heavy atom. The normalized spacial score (nSPS) is 21.4. The standard InChI is InChI=1S/C12H14N8/c1-20-7-9(6-18-20)12(14)17-3-2-10(19-12)8-4-15-11(13)16-5-8/h2-7,19H,14H2,1H3,(H2,13,15,16). The molecule has 0 fully saturated rings. The highest BCUT2D eigenvalue weighted by molar-refractivity contribution is 5.86. The zero-order valence-electron chi connectivity index (χ0n) is 10.9. The van der Waals surface area contributed by atoms with Gasteiger partial charge in [0.2, 0.25) is 11.7 Å². The Morgan fingerprint density at radius 1 is 1.25 bits per heavy atom. The lowest BCUT2D eigenvalue weighted by atomic mass is 10.1. The second-order valence-corrected chi connectivity index (χ2v) is 4.48. The number of aryl methyl sites for hydroxylation is 1. The van der Waals surface area contributed by atoms with Crippen molar-refractivity contribution in [1.82, 2.24) is 25.1 Å². The maximum atomic E-state index is 6.28. The van der Waals surface area contributed by atoms with E-state index in [0.29, 0.717) is 0 Å². The van der Waals surface area contributed by atoms with Gasteiger partial charge in [-0.3, -0.25) is 10.4 Å². The van der Waals surface area contributed by atoms with Gasteiger partial charge in [0, 0.05) is 43.1 Å². The van der Waals surface area contributed by atoms with Gasteiger partial charge < -0.3 is 11.1 Å². The molecular formula is C12H14N8. The molecule has 2 aromatic heterocycles. The van der Waals surface area contributed by atoms with Gasteiger partial charge >= 0.3 is 0 Å². The Bertz CT molecular complexity index is 684. The lowest BCUT2D eigenvalue weighted by Crippen LogP contribution is -2.49. The van der Waals surface area contributed by atoms with E-state index in [1.165, 1.54) is 0 Å². The van der Waals surface area contributed by atoms with Crippen LogP contribution < -0.4 is 16.8 Å². The first kappa shape index (κ1) is 12.3. The Kier molecular flexibility index (Phi) is 2.72. The number of allylic oxidation sites excluding steroid dienone is 1. The molecule has 0 spiro atoms. The summed E-state index contributed by atoms with van der Waals surface area (Å²) in [5, 5.41) is 7.27. The Balaban J connectivity index is 1.92. The minimum absolute atomic E-state index is 0.227. The van der Waals surface area contributed by atoms with E-state index in [1.54, 1.807) is 35.6 Å². The molecule has 0 saturated carbocycles. The van der Waals surface area contributed by atoms with Crippen LogP contribution in [0.3, 0.4) is 0 Å². The number of nitrogens with zero attached hydrogens (tertiary/aromatic N) is 5. The molecule has 8 nitrogen and oxygen atoms in total. The lowest BCUT2D eigenvalue weighted by Gasteiger charge is -2.30. The van der Waals surface area contributed by atoms with Gasteiger partial charge in [0.25, 0.3) is 0 Å². The number of nitrogens with one attached hydrogen (secondary N) is 1. The predicted molar refractivity (Wildman–Crippen MR) is 75.1 cm³/mol. The van der Waals surface area contributed by atoms with Gasteiger partial charge in [-0.15, -0.1) is 0 Å². The average Bonchev–Trinajstić information content (AvgIpc) is 2.87. The minimum Gasteiger partial charge on any atom is -0.368 e. The molecule has 1 aliphatic rings. The quantitative estimate of drug-likeness (QED) is 0.681. The fraction of sp³-hybridized carbons (Fsp3) is 0.167. The zero-order chi connectivity index (χ0) is 14.2. The third-order valence-corrected chi connectivity index (χ3v) is 2.97. The maximum absolute atomic E-state index is 6.28. The molecule has 0 amide bonds. The number of aromatic nitrogens is 4. The van der Waals surface area contributed by atoms with Crippen LogP contribution in [0.5, 0.6) is 0 Å². The van der Waals surface area contributed by atoms with Crippen LogP contribution >= 0.6 is 0 Å². The van der Waals surface area contributed by atoms with Gasteiger partial charge in [0.15, 0.2) is 0 Å². The summed E-state index contributed by atoms with van der Waals surface area (Å²) in [7, 11) is 1.82. The molecule has 3 rings (SSSR count). The lowest BCUT2D eigenvalue weighted by molar-refractivity contribution is 0.421. The number of aliphatic imine (C=N–C) groups is 1. The zero-order valence-corrected chi connectivity index (χ0v) is 10.9. The molecule has 1 atom stereocenters. The summed E-state index contributed by atoms with van der Waals surface area (Å²) >= 11 is 0. The van der Waals surface area contributed by atoms with Gasteiger partial charge in [0.05, 0.1) is 11.8 Å². The molecule has 20 heavy (non-hydrogen) atoms. The molecule has 0 radical (unpaired) electrons. The SMILES string of the molecule is Cn1cc(C2(N)N=CC=C(c3cnc(N)nc3)N2)cn1. The van der Waals surface area contributed by atoms with Crippen molar-refractivity contribution in [1.29, 1.82) is 0 Å². The molecule has 2 aromatic rings. The van der Waals surface area contributed by atoms with Gasteiger partial charge in [-0.2, -0.15) is 5.10 Å². The third kappa shape index (κ3) is 2.12. The van der Waals surface area contributed by atoms with E-state index in [2.05, 4.69) is 25.4 Å². The summed E-state index contributed by atoms with van der Waals surface area (Å²) in [5.74, 6) is -0.829. The molecule has 8 heteroatoms. The highest BCUT2D eigenvalue weighted by Gasteiger charge is 2.30.